The van der Waals surface area contributed by atoms with Crippen molar-refractivity contribution in [2.45, 2.75) is 56.3 Å². The Labute approximate surface area is 131 Å². The van der Waals surface area contributed by atoms with Gasteiger partial charge in [-0.2, -0.15) is 0 Å². The second-order valence-corrected chi connectivity index (χ2v) is 6.75. The molecule has 1 amide bonds. The maximum absolute atomic E-state index is 12.7. The minimum atomic E-state index is -0.377. The number of morpholine rings is 1. The van der Waals surface area contributed by atoms with Crippen LogP contribution in [0, 0.1) is 0 Å². The first-order valence-electron chi connectivity index (χ1n) is 8.55. The van der Waals surface area contributed by atoms with Crippen LogP contribution in [0.1, 0.15) is 43.7 Å². The van der Waals surface area contributed by atoms with Gasteiger partial charge in [0.25, 0.3) is 5.91 Å². The Morgan fingerprint density at radius 2 is 1.91 bits per heavy atom. The number of hydrogen-bond donors (Lipinski definition) is 1. The summed E-state index contributed by atoms with van der Waals surface area (Å²) in [6.45, 7) is 1.58. The molecule has 0 spiro atoms. The zero-order valence-corrected chi connectivity index (χ0v) is 12.9. The topological polar surface area (TPSA) is 41.6 Å². The maximum atomic E-state index is 12.7. The molecule has 3 fully saturated rings. The smallest absolute Gasteiger partial charge is 0.251 e. The highest BCUT2D eigenvalue weighted by atomic mass is 16.5. The molecule has 1 saturated heterocycles. The Kier molecular flexibility index (Phi) is 3.89. The van der Waals surface area contributed by atoms with Crippen LogP contribution >= 0.6 is 0 Å². The third kappa shape index (κ3) is 2.77. The largest absolute Gasteiger partial charge is 0.365 e. The fourth-order valence-corrected chi connectivity index (χ4v) is 3.58. The second-order valence-electron chi connectivity index (χ2n) is 6.75. The minimum absolute atomic E-state index is 0.0579. The van der Waals surface area contributed by atoms with E-state index in [0.717, 1.165) is 19.4 Å². The van der Waals surface area contributed by atoms with Crippen LogP contribution in [0.2, 0.25) is 0 Å². The standard InChI is InChI=1S/C18H24N2O2/c21-18(19-14-7-4-8-14)17-16(13-5-2-1-3-6-13)20(11-12-22-17)15-9-10-15/h1-3,5-6,14-17H,4,7-12H2,(H,19,21)/t16-,17+/m0/s1. The van der Waals surface area contributed by atoms with Gasteiger partial charge in [0.15, 0.2) is 6.10 Å². The van der Waals surface area contributed by atoms with Crippen molar-refractivity contribution in [3.05, 3.63) is 35.9 Å². The van der Waals surface area contributed by atoms with Gasteiger partial charge in [-0.3, -0.25) is 9.69 Å². The SMILES string of the molecule is O=C(NC1CCC1)[C@@H]1OCCN(C2CC2)[C@H]1c1ccccc1. The number of carbonyl (C=O) groups excluding carboxylic acids is 1. The van der Waals surface area contributed by atoms with E-state index in [1.165, 1.54) is 24.8 Å². The van der Waals surface area contributed by atoms with Gasteiger partial charge in [0, 0.05) is 18.6 Å². The molecule has 2 aliphatic carbocycles. The molecule has 4 nitrogen and oxygen atoms in total. The van der Waals surface area contributed by atoms with Gasteiger partial charge < -0.3 is 10.1 Å². The van der Waals surface area contributed by atoms with Crippen molar-refractivity contribution in [3.63, 3.8) is 0 Å². The molecule has 1 aliphatic heterocycles. The zero-order chi connectivity index (χ0) is 14.9. The van der Waals surface area contributed by atoms with E-state index < -0.39 is 0 Å². The van der Waals surface area contributed by atoms with Crippen molar-refractivity contribution in [3.8, 4) is 0 Å². The lowest BCUT2D eigenvalue weighted by atomic mass is 9.91. The predicted molar refractivity (Wildman–Crippen MR) is 84.4 cm³/mol. The van der Waals surface area contributed by atoms with Crippen LogP contribution in [-0.4, -0.2) is 42.1 Å². The summed E-state index contributed by atoms with van der Waals surface area (Å²) in [4.78, 5) is 15.2. The monoisotopic (exact) mass is 300 g/mol. The van der Waals surface area contributed by atoms with Crippen LogP contribution in [0.15, 0.2) is 30.3 Å². The normalized spacial score (nSPS) is 29.8. The number of nitrogens with one attached hydrogen (secondary N) is 1. The fraction of sp³-hybridized carbons (Fsp3) is 0.611. The Morgan fingerprint density at radius 1 is 1.14 bits per heavy atom. The molecule has 0 radical (unpaired) electrons. The van der Waals surface area contributed by atoms with Crippen molar-refractivity contribution in [1.29, 1.82) is 0 Å². The minimum Gasteiger partial charge on any atom is -0.365 e. The summed E-state index contributed by atoms with van der Waals surface area (Å²) in [5.74, 6) is 0.0731. The summed E-state index contributed by atoms with van der Waals surface area (Å²) in [7, 11) is 0. The second kappa shape index (κ2) is 6.01. The lowest BCUT2D eigenvalue weighted by molar-refractivity contribution is -0.147. The average Bonchev–Trinajstić information content (AvgIpc) is 3.35. The van der Waals surface area contributed by atoms with E-state index in [2.05, 4.69) is 34.5 Å². The third-order valence-electron chi connectivity index (χ3n) is 5.16. The Balaban J connectivity index is 1.57. The number of nitrogens with zero attached hydrogens (tertiary/aromatic N) is 1. The van der Waals surface area contributed by atoms with E-state index >= 15 is 0 Å². The molecule has 0 unspecified atom stereocenters. The highest BCUT2D eigenvalue weighted by Crippen LogP contribution is 2.39. The fourth-order valence-electron chi connectivity index (χ4n) is 3.58. The van der Waals surface area contributed by atoms with Crippen LogP contribution in [0.4, 0.5) is 0 Å². The number of carbonyl (C=O) groups is 1. The molecule has 2 atom stereocenters. The first kappa shape index (κ1) is 14.2. The number of ether oxygens (including phenoxy) is 1. The Bertz CT molecular complexity index is 525. The first-order chi connectivity index (χ1) is 10.8. The number of amides is 1. The van der Waals surface area contributed by atoms with E-state index in [1.807, 2.05) is 6.07 Å². The molecule has 2 saturated carbocycles. The molecular formula is C18H24N2O2. The highest BCUT2D eigenvalue weighted by Gasteiger charge is 2.44. The maximum Gasteiger partial charge on any atom is 0.251 e. The van der Waals surface area contributed by atoms with E-state index in [0.29, 0.717) is 18.7 Å². The summed E-state index contributed by atoms with van der Waals surface area (Å²) in [6.07, 6.45) is 5.58. The van der Waals surface area contributed by atoms with Gasteiger partial charge in [-0.1, -0.05) is 30.3 Å². The van der Waals surface area contributed by atoms with Crippen molar-refractivity contribution >= 4 is 5.91 Å². The number of rotatable bonds is 4. The lowest BCUT2D eigenvalue weighted by Crippen LogP contribution is -2.54. The van der Waals surface area contributed by atoms with Crippen molar-refractivity contribution in [2.75, 3.05) is 13.2 Å². The summed E-state index contributed by atoms with van der Waals surface area (Å²) in [5.41, 5.74) is 1.20. The van der Waals surface area contributed by atoms with Gasteiger partial charge >= 0.3 is 0 Å². The Hall–Kier alpha value is -1.39. The van der Waals surface area contributed by atoms with Crippen molar-refractivity contribution < 1.29 is 9.53 Å². The number of benzene rings is 1. The predicted octanol–water partition coefficient (Wildman–Crippen LogP) is 2.26. The van der Waals surface area contributed by atoms with Crippen molar-refractivity contribution in [1.82, 2.24) is 10.2 Å². The van der Waals surface area contributed by atoms with Crippen LogP contribution < -0.4 is 5.32 Å². The Morgan fingerprint density at radius 3 is 2.55 bits per heavy atom. The summed E-state index contributed by atoms with van der Waals surface area (Å²) < 4.78 is 5.93. The lowest BCUT2D eigenvalue weighted by Gasteiger charge is -2.42. The van der Waals surface area contributed by atoms with Crippen LogP contribution in [-0.2, 0) is 9.53 Å². The van der Waals surface area contributed by atoms with Gasteiger partial charge in [0.1, 0.15) is 0 Å². The summed E-state index contributed by atoms with van der Waals surface area (Å²) in [6, 6.07) is 11.4. The molecule has 4 heteroatoms. The summed E-state index contributed by atoms with van der Waals surface area (Å²) >= 11 is 0. The quantitative estimate of drug-likeness (QED) is 0.927. The van der Waals surface area contributed by atoms with Crippen molar-refractivity contribution in [2.24, 2.45) is 0 Å². The molecule has 22 heavy (non-hydrogen) atoms. The summed E-state index contributed by atoms with van der Waals surface area (Å²) in [5, 5.41) is 3.18. The number of hydrogen-bond acceptors (Lipinski definition) is 3. The zero-order valence-electron chi connectivity index (χ0n) is 12.9. The van der Waals surface area contributed by atoms with Crippen LogP contribution in [0.25, 0.3) is 0 Å². The van der Waals surface area contributed by atoms with Gasteiger partial charge in [0.2, 0.25) is 0 Å². The van der Waals surface area contributed by atoms with Gasteiger partial charge in [-0.25, -0.2) is 0 Å². The van der Waals surface area contributed by atoms with E-state index in [-0.39, 0.29) is 18.1 Å². The van der Waals surface area contributed by atoms with E-state index in [1.54, 1.807) is 0 Å². The van der Waals surface area contributed by atoms with Crippen LogP contribution in [0.5, 0.6) is 0 Å². The van der Waals surface area contributed by atoms with Gasteiger partial charge in [-0.05, 0) is 37.7 Å². The van der Waals surface area contributed by atoms with Gasteiger partial charge in [-0.15, -0.1) is 0 Å². The average molecular weight is 300 g/mol. The first-order valence-corrected chi connectivity index (χ1v) is 8.55. The molecule has 0 bridgehead atoms. The molecule has 1 N–H and O–H groups in total. The molecule has 0 aromatic heterocycles. The highest BCUT2D eigenvalue weighted by molar-refractivity contribution is 5.82. The molecule has 3 aliphatic rings. The molecule has 1 heterocycles. The molecular weight excluding hydrogens is 276 g/mol. The van der Waals surface area contributed by atoms with Crippen LogP contribution in [0.3, 0.4) is 0 Å². The molecule has 1 aromatic rings. The van der Waals surface area contributed by atoms with Gasteiger partial charge in [0.05, 0.1) is 12.6 Å². The molecule has 4 rings (SSSR count). The molecule has 118 valence electrons. The third-order valence-corrected chi connectivity index (χ3v) is 5.16. The van der Waals surface area contributed by atoms with E-state index in [4.69, 9.17) is 4.74 Å². The molecule has 1 aromatic carbocycles. The van der Waals surface area contributed by atoms with E-state index in [9.17, 15) is 4.79 Å².